The van der Waals surface area contributed by atoms with Crippen LogP contribution in [0, 0.1) is 0 Å². The first kappa shape index (κ1) is 19.3. The monoisotopic (exact) mass is 359 g/mol. The van der Waals surface area contributed by atoms with Crippen LogP contribution in [0.2, 0.25) is 0 Å². The predicted molar refractivity (Wildman–Crippen MR) is 104 cm³/mol. The molecule has 26 heavy (non-hydrogen) atoms. The summed E-state index contributed by atoms with van der Waals surface area (Å²) < 4.78 is 2.05. The summed E-state index contributed by atoms with van der Waals surface area (Å²) in [6, 6.07) is 7.44. The molecule has 2 aromatic rings. The van der Waals surface area contributed by atoms with Gasteiger partial charge in [-0.05, 0) is 17.5 Å². The van der Waals surface area contributed by atoms with Crippen molar-refractivity contribution in [1.29, 1.82) is 0 Å². The minimum Gasteiger partial charge on any atom is -0.383 e. The highest BCUT2D eigenvalue weighted by Crippen LogP contribution is 2.23. The molecule has 0 saturated carbocycles. The zero-order valence-corrected chi connectivity index (χ0v) is 15.7. The molecule has 0 bridgehead atoms. The minimum absolute atomic E-state index is 0.0619. The summed E-state index contributed by atoms with van der Waals surface area (Å²) in [5, 5.41) is 2.79. The summed E-state index contributed by atoms with van der Waals surface area (Å²) in [4.78, 5) is 39.0. The van der Waals surface area contributed by atoms with Crippen LogP contribution in [0.5, 0.6) is 0 Å². The highest BCUT2D eigenvalue weighted by Gasteiger charge is 2.19. The topological polar surface area (TPSA) is 102 Å². The second-order valence-corrected chi connectivity index (χ2v) is 6.65. The molecular formula is C18H25N5O3. The van der Waals surface area contributed by atoms with Gasteiger partial charge < -0.3 is 16.0 Å². The molecule has 0 spiro atoms. The van der Waals surface area contributed by atoms with Crippen molar-refractivity contribution in [3.63, 3.8) is 0 Å². The highest BCUT2D eigenvalue weighted by atomic mass is 16.2. The Labute approximate surface area is 151 Å². The minimum atomic E-state index is -0.634. The van der Waals surface area contributed by atoms with E-state index in [-0.39, 0.29) is 24.0 Å². The number of rotatable bonds is 5. The molecule has 8 nitrogen and oxygen atoms in total. The van der Waals surface area contributed by atoms with E-state index in [0.717, 1.165) is 14.7 Å². The maximum Gasteiger partial charge on any atom is 0.332 e. The lowest BCUT2D eigenvalue weighted by atomic mass is 10.0. The normalized spacial score (nSPS) is 10.8. The number of aromatic nitrogens is 2. The third-order valence-electron chi connectivity index (χ3n) is 4.18. The number of benzene rings is 1. The molecule has 0 aliphatic rings. The zero-order valence-electron chi connectivity index (χ0n) is 15.7. The molecule has 0 aliphatic heterocycles. The average Bonchev–Trinajstić information content (AvgIpc) is 2.57. The SMILES string of the molecule is CC(C)c1ccccc1NC(=O)Cn1c(=O)c(N(C)C)c(N)n(C)c1=O. The van der Waals surface area contributed by atoms with E-state index in [1.165, 1.54) is 11.9 Å². The largest absolute Gasteiger partial charge is 0.383 e. The van der Waals surface area contributed by atoms with Gasteiger partial charge in [-0.25, -0.2) is 9.36 Å². The quantitative estimate of drug-likeness (QED) is 0.828. The van der Waals surface area contributed by atoms with Crippen molar-refractivity contribution in [3.8, 4) is 0 Å². The van der Waals surface area contributed by atoms with E-state index < -0.39 is 17.2 Å². The predicted octanol–water partition coefficient (Wildman–Crippen LogP) is 0.957. The van der Waals surface area contributed by atoms with Crippen LogP contribution in [-0.4, -0.2) is 29.1 Å². The number of amides is 1. The van der Waals surface area contributed by atoms with Gasteiger partial charge in [-0.3, -0.25) is 14.2 Å². The average molecular weight is 359 g/mol. The number of nitrogen functional groups attached to an aromatic ring is 1. The van der Waals surface area contributed by atoms with Crippen LogP contribution >= 0.6 is 0 Å². The summed E-state index contributed by atoms with van der Waals surface area (Å²) in [5.41, 5.74) is 6.46. The second-order valence-electron chi connectivity index (χ2n) is 6.65. The van der Waals surface area contributed by atoms with Crippen LogP contribution < -0.4 is 27.2 Å². The molecule has 0 aliphatic carbocycles. The smallest absolute Gasteiger partial charge is 0.332 e. The van der Waals surface area contributed by atoms with E-state index in [2.05, 4.69) is 5.32 Å². The van der Waals surface area contributed by atoms with Crippen LogP contribution in [0.4, 0.5) is 17.2 Å². The van der Waals surface area contributed by atoms with Crippen molar-refractivity contribution in [2.75, 3.05) is 30.0 Å². The first-order valence-corrected chi connectivity index (χ1v) is 8.30. The van der Waals surface area contributed by atoms with Gasteiger partial charge in [0, 0.05) is 26.8 Å². The molecule has 1 amide bonds. The van der Waals surface area contributed by atoms with E-state index in [1.54, 1.807) is 20.2 Å². The maximum atomic E-state index is 12.6. The number of nitrogens with one attached hydrogen (secondary N) is 1. The van der Waals surface area contributed by atoms with Gasteiger partial charge in [0.1, 0.15) is 18.1 Å². The van der Waals surface area contributed by atoms with E-state index in [1.807, 2.05) is 32.0 Å². The van der Waals surface area contributed by atoms with Crippen LogP contribution in [0.1, 0.15) is 25.3 Å². The lowest BCUT2D eigenvalue weighted by Gasteiger charge is -2.19. The highest BCUT2D eigenvalue weighted by molar-refractivity contribution is 5.91. The summed E-state index contributed by atoms with van der Waals surface area (Å²) >= 11 is 0. The lowest BCUT2D eigenvalue weighted by molar-refractivity contribution is -0.116. The van der Waals surface area contributed by atoms with Crippen molar-refractivity contribution >= 4 is 23.1 Å². The van der Waals surface area contributed by atoms with Crippen molar-refractivity contribution < 1.29 is 4.79 Å². The Morgan fingerprint density at radius 1 is 1.23 bits per heavy atom. The summed E-state index contributed by atoms with van der Waals surface area (Å²) in [5.74, 6) is -0.169. The van der Waals surface area contributed by atoms with Gasteiger partial charge in [0.2, 0.25) is 5.91 Å². The molecule has 1 heterocycles. The first-order valence-electron chi connectivity index (χ1n) is 8.30. The number of carbonyl (C=O) groups is 1. The number of hydrogen-bond donors (Lipinski definition) is 2. The molecule has 1 aromatic heterocycles. The van der Waals surface area contributed by atoms with Crippen LogP contribution in [0.25, 0.3) is 0 Å². The molecule has 140 valence electrons. The Morgan fingerprint density at radius 2 is 1.85 bits per heavy atom. The Bertz CT molecular complexity index is 941. The molecule has 8 heteroatoms. The summed E-state index contributed by atoms with van der Waals surface area (Å²) in [6.45, 7) is 3.65. The number of nitrogens with zero attached hydrogens (tertiary/aromatic N) is 3. The number of carbonyl (C=O) groups excluding carboxylic acids is 1. The Kier molecular flexibility index (Phi) is 5.54. The second kappa shape index (κ2) is 7.47. The fourth-order valence-corrected chi connectivity index (χ4v) is 2.77. The van der Waals surface area contributed by atoms with Crippen molar-refractivity contribution in [2.24, 2.45) is 7.05 Å². The number of para-hydroxylation sites is 1. The Balaban J connectivity index is 2.39. The fourth-order valence-electron chi connectivity index (χ4n) is 2.77. The zero-order chi connectivity index (χ0) is 19.6. The van der Waals surface area contributed by atoms with Gasteiger partial charge in [-0.1, -0.05) is 32.0 Å². The van der Waals surface area contributed by atoms with Gasteiger partial charge in [-0.2, -0.15) is 0 Å². The van der Waals surface area contributed by atoms with Gasteiger partial charge >= 0.3 is 5.69 Å². The van der Waals surface area contributed by atoms with E-state index in [4.69, 9.17) is 5.73 Å². The van der Waals surface area contributed by atoms with Crippen molar-refractivity contribution in [2.45, 2.75) is 26.3 Å². The maximum absolute atomic E-state index is 12.6. The summed E-state index contributed by atoms with van der Waals surface area (Å²) in [7, 11) is 4.77. The third kappa shape index (κ3) is 3.63. The number of nitrogens with two attached hydrogens (primary N) is 1. The van der Waals surface area contributed by atoms with Crippen LogP contribution in [0.15, 0.2) is 33.9 Å². The van der Waals surface area contributed by atoms with E-state index in [9.17, 15) is 14.4 Å². The van der Waals surface area contributed by atoms with E-state index in [0.29, 0.717) is 5.69 Å². The molecule has 0 atom stereocenters. The fraction of sp³-hybridized carbons (Fsp3) is 0.389. The van der Waals surface area contributed by atoms with Gasteiger partial charge in [0.25, 0.3) is 5.56 Å². The molecule has 3 N–H and O–H groups in total. The third-order valence-corrected chi connectivity index (χ3v) is 4.18. The van der Waals surface area contributed by atoms with Gasteiger partial charge in [-0.15, -0.1) is 0 Å². The molecule has 0 fully saturated rings. The molecule has 0 unspecified atom stereocenters. The van der Waals surface area contributed by atoms with Crippen molar-refractivity contribution in [3.05, 3.63) is 50.7 Å². The van der Waals surface area contributed by atoms with Gasteiger partial charge in [0.05, 0.1) is 0 Å². The molecule has 0 saturated heterocycles. The number of anilines is 3. The van der Waals surface area contributed by atoms with E-state index >= 15 is 0 Å². The number of hydrogen-bond acceptors (Lipinski definition) is 5. The lowest BCUT2D eigenvalue weighted by Crippen LogP contribution is -2.44. The Hall–Kier alpha value is -3.03. The first-order chi connectivity index (χ1) is 12.1. The molecule has 0 radical (unpaired) electrons. The van der Waals surface area contributed by atoms with Crippen LogP contribution in [-0.2, 0) is 18.4 Å². The summed E-state index contributed by atoms with van der Waals surface area (Å²) in [6.07, 6.45) is 0. The molecule has 1 aromatic carbocycles. The standard InChI is InChI=1S/C18H25N5O3/c1-11(2)12-8-6-7-9-13(12)20-14(24)10-23-17(25)15(21(3)4)16(19)22(5)18(23)26/h6-9,11H,10,19H2,1-5H3,(H,20,24). The van der Waals surface area contributed by atoms with Crippen LogP contribution in [0.3, 0.4) is 0 Å². The van der Waals surface area contributed by atoms with Gasteiger partial charge in [0.15, 0.2) is 0 Å². The Morgan fingerprint density at radius 3 is 2.42 bits per heavy atom. The molecule has 2 rings (SSSR count). The van der Waals surface area contributed by atoms with Crippen molar-refractivity contribution in [1.82, 2.24) is 9.13 Å². The molecular weight excluding hydrogens is 334 g/mol.